The standard InChI is InChI=1S/C9H10ClFOS/c1-3-12-8-5-6(13-2)4-7(10)9(8)11/h4-5H,3H2,1-2H3. The summed E-state index contributed by atoms with van der Waals surface area (Å²) in [7, 11) is 0. The Balaban J connectivity index is 3.09. The third-order valence-corrected chi connectivity index (χ3v) is 2.49. The van der Waals surface area contributed by atoms with Crippen LogP contribution in [0.4, 0.5) is 4.39 Å². The van der Waals surface area contributed by atoms with Crippen molar-refractivity contribution in [2.75, 3.05) is 12.9 Å². The summed E-state index contributed by atoms with van der Waals surface area (Å²) in [5.41, 5.74) is 0. The minimum Gasteiger partial charge on any atom is -0.491 e. The zero-order valence-electron chi connectivity index (χ0n) is 7.43. The van der Waals surface area contributed by atoms with E-state index in [1.54, 1.807) is 19.1 Å². The van der Waals surface area contributed by atoms with Gasteiger partial charge in [0.05, 0.1) is 11.6 Å². The molecule has 0 aliphatic carbocycles. The Morgan fingerprint density at radius 3 is 2.77 bits per heavy atom. The van der Waals surface area contributed by atoms with E-state index in [9.17, 15) is 4.39 Å². The van der Waals surface area contributed by atoms with Gasteiger partial charge in [0.1, 0.15) is 0 Å². The highest BCUT2D eigenvalue weighted by Crippen LogP contribution is 2.30. The van der Waals surface area contributed by atoms with E-state index in [1.807, 2.05) is 6.26 Å². The Kier molecular flexibility index (Phi) is 3.88. The molecule has 0 amide bonds. The van der Waals surface area contributed by atoms with Gasteiger partial charge in [-0.05, 0) is 25.3 Å². The molecule has 1 nitrogen and oxygen atoms in total. The maximum atomic E-state index is 13.2. The van der Waals surface area contributed by atoms with Gasteiger partial charge in [0.15, 0.2) is 11.6 Å². The van der Waals surface area contributed by atoms with Gasteiger partial charge in [-0.3, -0.25) is 0 Å². The quantitative estimate of drug-likeness (QED) is 0.720. The molecule has 0 radical (unpaired) electrons. The summed E-state index contributed by atoms with van der Waals surface area (Å²) in [5, 5.41) is 0.107. The predicted molar refractivity (Wildman–Crippen MR) is 54.4 cm³/mol. The molecule has 1 aromatic carbocycles. The lowest BCUT2D eigenvalue weighted by molar-refractivity contribution is 0.320. The summed E-state index contributed by atoms with van der Waals surface area (Å²) >= 11 is 7.17. The molecule has 0 atom stereocenters. The largest absolute Gasteiger partial charge is 0.491 e. The highest BCUT2D eigenvalue weighted by Gasteiger charge is 2.09. The van der Waals surface area contributed by atoms with Crippen LogP contribution in [0.2, 0.25) is 5.02 Å². The molecule has 13 heavy (non-hydrogen) atoms. The average Bonchev–Trinajstić information content (AvgIpc) is 2.13. The smallest absolute Gasteiger partial charge is 0.183 e. The first kappa shape index (κ1) is 10.7. The molecule has 1 rings (SSSR count). The first-order chi connectivity index (χ1) is 6.19. The summed E-state index contributed by atoms with van der Waals surface area (Å²) in [6, 6.07) is 3.24. The molecule has 0 saturated heterocycles. The molecule has 0 aliphatic heterocycles. The van der Waals surface area contributed by atoms with E-state index in [2.05, 4.69) is 0 Å². The molecule has 0 N–H and O–H groups in total. The molecule has 4 heteroatoms. The van der Waals surface area contributed by atoms with E-state index in [1.165, 1.54) is 11.8 Å². The van der Waals surface area contributed by atoms with E-state index in [4.69, 9.17) is 16.3 Å². The molecule has 0 aromatic heterocycles. The van der Waals surface area contributed by atoms with E-state index < -0.39 is 5.82 Å². The highest BCUT2D eigenvalue weighted by molar-refractivity contribution is 7.98. The number of ether oxygens (including phenoxy) is 1. The molecule has 0 spiro atoms. The molecule has 0 aliphatic rings. The third kappa shape index (κ3) is 2.51. The second kappa shape index (κ2) is 4.72. The van der Waals surface area contributed by atoms with Crippen molar-refractivity contribution in [3.63, 3.8) is 0 Å². The molecule has 1 aromatic rings. The second-order valence-electron chi connectivity index (χ2n) is 2.35. The zero-order valence-corrected chi connectivity index (χ0v) is 9.01. The summed E-state index contributed by atoms with van der Waals surface area (Å²) in [6.07, 6.45) is 1.90. The van der Waals surface area contributed by atoms with Crippen LogP contribution in [0.3, 0.4) is 0 Å². The van der Waals surface area contributed by atoms with Crippen LogP contribution in [0.25, 0.3) is 0 Å². The van der Waals surface area contributed by atoms with Crippen molar-refractivity contribution in [2.45, 2.75) is 11.8 Å². The first-order valence-electron chi connectivity index (χ1n) is 3.84. The number of halogens is 2. The fraction of sp³-hybridized carbons (Fsp3) is 0.333. The SMILES string of the molecule is CCOc1cc(SC)cc(Cl)c1F. The monoisotopic (exact) mass is 220 g/mol. The molecule has 0 saturated carbocycles. The van der Waals surface area contributed by atoms with Gasteiger partial charge < -0.3 is 4.74 Å². The molecule has 0 unspecified atom stereocenters. The van der Waals surface area contributed by atoms with Gasteiger partial charge in [0, 0.05) is 4.90 Å². The van der Waals surface area contributed by atoms with Gasteiger partial charge in [-0.2, -0.15) is 0 Å². The van der Waals surface area contributed by atoms with Crippen LogP contribution < -0.4 is 4.74 Å². The highest BCUT2D eigenvalue weighted by atomic mass is 35.5. The van der Waals surface area contributed by atoms with Crippen LogP contribution in [0.5, 0.6) is 5.75 Å². The summed E-state index contributed by atoms with van der Waals surface area (Å²) in [4.78, 5) is 0.898. The van der Waals surface area contributed by atoms with Crippen molar-refractivity contribution >= 4 is 23.4 Å². The predicted octanol–water partition coefficient (Wildman–Crippen LogP) is 3.60. The summed E-state index contributed by atoms with van der Waals surface area (Å²) in [5.74, 6) is -0.263. The van der Waals surface area contributed by atoms with Crippen molar-refractivity contribution in [1.29, 1.82) is 0 Å². The Hall–Kier alpha value is -0.410. The lowest BCUT2D eigenvalue weighted by atomic mass is 10.3. The molecule has 0 bridgehead atoms. The number of hydrogen-bond donors (Lipinski definition) is 0. The molecule has 0 heterocycles. The average molecular weight is 221 g/mol. The normalized spacial score (nSPS) is 10.2. The van der Waals surface area contributed by atoms with Gasteiger partial charge in [-0.15, -0.1) is 11.8 Å². The molecular weight excluding hydrogens is 211 g/mol. The maximum Gasteiger partial charge on any atom is 0.183 e. The summed E-state index contributed by atoms with van der Waals surface area (Å²) < 4.78 is 18.3. The van der Waals surface area contributed by atoms with E-state index in [0.717, 1.165) is 4.90 Å². The van der Waals surface area contributed by atoms with Crippen LogP contribution in [0, 0.1) is 5.82 Å². The van der Waals surface area contributed by atoms with Gasteiger partial charge in [-0.25, -0.2) is 4.39 Å². The Labute approximate surface area is 86.2 Å². The summed E-state index contributed by atoms with van der Waals surface area (Å²) in [6.45, 7) is 2.24. The lowest BCUT2D eigenvalue weighted by Crippen LogP contribution is -1.95. The number of thioether (sulfide) groups is 1. The van der Waals surface area contributed by atoms with Crippen LogP contribution in [0.15, 0.2) is 17.0 Å². The van der Waals surface area contributed by atoms with E-state index in [-0.39, 0.29) is 10.8 Å². The Bertz CT molecular complexity index is 304. The maximum absolute atomic E-state index is 13.2. The van der Waals surface area contributed by atoms with Crippen molar-refractivity contribution < 1.29 is 9.13 Å². The van der Waals surface area contributed by atoms with Crippen LogP contribution in [-0.4, -0.2) is 12.9 Å². The minimum absolute atomic E-state index is 0.107. The second-order valence-corrected chi connectivity index (χ2v) is 3.64. The van der Waals surface area contributed by atoms with Crippen LogP contribution >= 0.6 is 23.4 Å². The van der Waals surface area contributed by atoms with Crippen molar-refractivity contribution in [3.05, 3.63) is 23.0 Å². The van der Waals surface area contributed by atoms with Gasteiger partial charge in [0.25, 0.3) is 0 Å². The van der Waals surface area contributed by atoms with Crippen LogP contribution in [0.1, 0.15) is 6.92 Å². The van der Waals surface area contributed by atoms with Gasteiger partial charge in [-0.1, -0.05) is 11.6 Å². The third-order valence-electron chi connectivity index (χ3n) is 1.50. The first-order valence-corrected chi connectivity index (χ1v) is 5.45. The van der Waals surface area contributed by atoms with Crippen LogP contribution in [-0.2, 0) is 0 Å². The van der Waals surface area contributed by atoms with Crippen molar-refractivity contribution in [3.8, 4) is 5.75 Å². The van der Waals surface area contributed by atoms with Gasteiger partial charge in [0.2, 0.25) is 0 Å². The topological polar surface area (TPSA) is 9.23 Å². The molecule has 72 valence electrons. The number of rotatable bonds is 3. The minimum atomic E-state index is -0.485. The number of hydrogen-bond acceptors (Lipinski definition) is 2. The molecular formula is C9H10ClFOS. The lowest BCUT2D eigenvalue weighted by Gasteiger charge is -2.07. The van der Waals surface area contributed by atoms with Gasteiger partial charge >= 0.3 is 0 Å². The van der Waals surface area contributed by atoms with E-state index >= 15 is 0 Å². The van der Waals surface area contributed by atoms with E-state index in [0.29, 0.717) is 6.61 Å². The van der Waals surface area contributed by atoms with Crippen molar-refractivity contribution in [2.24, 2.45) is 0 Å². The fourth-order valence-corrected chi connectivity index (χ4v) is 1.65. The molecule has 0 fully saturated rings. The Morgan fingerprint density at radius 1 is 1.54 bits per heavy atom. The number of benzene rings is 1. The zero-order chi connectivity index (χ0) is 9.84. The van der Waals surface area contributed by atoms with Crippen molar-refractivity contribution in [1.82, 2.24) is 0 Å². The fourth-order valence-electron chi connectivity index (χ4n) is 0.919. The Morgan fingerprint density at radius 2 is 2.23 bits per heavy atom.